The lowest BCUT2D eigenvalue weighted by Crippen LogP contribution is -2.29. The van der Waals surface area contributed by atoms with Gasteiger partial charge in [-0.3, -0.25) is 0 Å². The Kier molecular flexibility index (Phi) is 5.26. The van der Waals surface area contributed by atoms with E-state index in [1.807, 2.05) is 0 Å². The second kappa shape index (κ2) is 6.95. The Hall–Kier alpha value is -1.02. The minimum Gasteiger partial charge on any atom is -0.378 e. The molecule has 1 aliphatic rings. The highest BCUT2D eigenvalue weighted by atomic mass is 15.1. The maximum atomic E-state index is 3.70. The third-order valence-electron chi connectivity index (χ3n) is 4.31. The molecule has 1 atom stereocenters. The van der Waals surface area contributed by atoms with Gasteiger partial charge in [0.2, 0.25) is 0 Å². The average Bonchev–Trinajstić information content (AvgIpc) is 2.46. The molecular formula is C17H28N2. The van der Waals surface area contributed by atoms with E-state index in [9.17, 15) is 0 Å². The molecule has 1 aliphatic carbocycles. The van der Waals surface area contributed by atoms with Crippen LogP contribution in [0.2, 0.25) is 0 Å². The Morgan fingerprint density at radius 3 is 2.26 bits per heavy atom. The molecule has 0 heterocycles. The molecule has 0 spiro atoms. The summed E-state index contributed by atoms with van der Waals surface area (Å²) in [7, 11) is 4.19. The molecule has 1 fully saturated rings. The molecule has 1 N–H and O–H groups in total. The van der Waals surface area contributed by atoms with Crippen LogP contribution in [-0.4, -0.2) is 20.6 Å². The van der Waals surface area contributed by atoms with Gasteiger partial charge < -0.3 is 10.2 Å². The fraction of sp³-hybridized carbons (Fsp3) is 0.647. The zero-order valence-electron chi connectivity index (χ0n) is 12.7. The predicted octanol–water partition coefficient (Wildman–Crippen LogP) is 3.98. The second-order valence-electron chi connectivity index (χ2n) is 5.92. The Morgan fingerprint density at radius 2 is 1.74 bits per heavy atom. The lowest BCUT2D eigenvalue weighted by Gasteiger charge is -2.31. The molecule has 0 aromatic heterocycles. The van der Waals surface area contributed by atoms with E-state index in [2.05, 4.69) is 55.5 Å². The van der Waals surface area contributed by atoms with Crippen molar-refractivity contribution < 1.29 is 0 Å². The molecule has 0 bridgehead atoms. The van der Waals surface area contributed by atoms with Crippen LogP contribution in [0.3, 0.4) is 0 Å². The van der Waals surface area contributed by atoms with E-state index in [0.29, 0.717) is 6.04 Å². The summed E-state index contributed by atoms with van der Waals surface area (Å²) in [6, 6.07) is 9.63. The summed E-state index contributed by atoms with van der Waals surface area (Å²) >= 11 is 0. The van der Waals surface area contributed by atoms with Gasteiger partial charge in [0.05, 0.1) is 0 Å². The zero-order chi connectivity index (χ0) is 13.7. The molecule has 2 nitrogen and oxygen atoms in total. The normalized spacial score (nSPS) is 18.3. The van der Waals surface area contributed by atoms with E-state index in [1.54, 1.807) is 0 Å². The molecule has 2 rings (SSSR count). The van der Waals surface area contributed by atoms with Crippen LogP contribution in [0.4, 0.5) is 5.69 Å². The first-order valence-corrected chi connectivity index (χ1v) is 7.73. The Bertz CT molecular complexity index is 363. The summed E-state index contributed by atoms with van der Waals surface area (Å²) in [5, 5.41) is 3.70. The first kappa shape index (κ1) is 14.4. The van der Waals surface area contributed by atoms with Crippen LogP contribution in [0.5, 0.6) is 0 Å². The van der Waals surface area contributed by atoms with Gasteiger partial charge in [-0.05, 0) is 43.0 Å². The van der Waals surface area contributed by atoms with Crippen molar-refractivity contribution in [2.24, 2.45) is 5.92 Å². The Balaban J connectivity index is 2.13. The molecule has 1 saturated carbocycles. The highest BCUT2D eigenvalue weighted by Gasteiger charge is 2.24. The van der Waals surface area contributed by atoms with Crippen LogP contribution >= 0.6 is 0 Å². The lowest BCUT2D eigenvalue weighted by molar-refractivity contribution is 0.274. The van der Waals surface area contributed by atoms with Crippen molar-refractivity contribution >= 4 is 5.69 Å². The maximum absolute atomic E-state index is 3.70. The maximum Gasteiger partial charge on any atom is 0.0361 e. The van der Waals surface area contributed by atoms with Gasteiger partial charge in [-0.15, -0.1) is 0 Å². The molecule has 19 heavy (non-hydrogen) atoms. The molecule has 0 radical (unpaired) electrons. The molecular weight excluding hydrogens is 232 g/mol. The highest BCUT2D eigenvalue weighted by molar-refractivity contribution is 5.46. The molecule has 0 aliphatic heterocycles. The second-order valence-corrected chi connectivity index (χ2v) is 5.92. The highest BCUT2D eigenvalue weighted by Crippen LogP contribution is 2.34. The van der Waals surface area contributed by atoms with E-state index in [4.69, 9.17) is 0 Å². The number of benzene rings is 1. The van der Waals surface area contributed by atoms with Crippen LogP contribution in [0.1, 0.15) is 50.6 Å². The topological polar surface area (TPSA) is 15.3 Å². The smallest absolute Gasteiger partial charge is 0.0361 e. The van der Waals surface area contributed by atoms with Gasteiger partial charge in [0.1, 0.15) is 0 Å². The Morgan fingerprint density at radius 1 is 1.11 bits per heavy atom. The summed E-state index contributed by atoms with van der Waals surface area (Å²) in [6.07, 6.45) is 7.00. The van der Waals surface area contributed by atoms with E-state index >= 15 is 0 Å². The van der Waals surface area contributed by atoms with Crippen molar-refractivity contribution in [2.45, 2.75) is 45.1 Å². The summed E-state index contributed by atoms with van der Waals surface area (Å²) in [6.45, 7) is 3.26. The van der Waals surface area contributed by atoms with Gasteiger partial charge in [0.15, 0.2) is 0 Å². The molecule has 1 unspecified atom stereocenters. The number of nitrogens with zero attached hydrogens (tertiary/aromatic N) is 1. The third-order valence-corrected chi connectivity index (χ3v) is 4.31. The van der Waals surface area contributed by atoms with Crippen LogP contribution in [-0.2, 0) is 0 Å². The van der Waals surface area contributed by atoms with Crippen molar-refractivity contribution in [3.8, 4) is 0 Å². The summed E-state index contributed by atoms with van der Waals surface area (Å²) in [5.41, 5.74) is 2.74. The number of nitrogens with one attached hydrogen (secondary N) is 1. The quantitative estimate of drug-likeness (QED) is 0.861. The van der Waals surface area contributed by atoms with Gasteiger partial charge in [-0.2, -0.15) is 0 Å². The molecule has 1 aromatic carbocycles. The van der Waals surface area contributed by atoms with Crippen molar-refractivity contribution in [3.63, 3.8) is 0 Å². The summed E-state index contributed by atoms with van der Waals surface area (Å²) in [4.78, 5) is 2.16. The van der Waals surface area contributed by atoms with Gasteiger partial charge in [-0.1, -0.05) is 38.3 Å². The van der Waals surface area contributed by atoms with Crippen molar-refractivity contribution in [1.82, 2.24) is 5.32 Å². The van der Waals surface area contributed by atoms with Crippen LogP contribution in [0.25, 0.3) is 0 Å². The molecule has 2 heteroatoms. The van der Waals surface area contributed by atoms with Crippen molar-refractivity contribution in [3.05, 3.63) is 29.8 Å². The van der Waals surface area contributed by atoms with Crippen LogP contribution in [0.15, 0.2) is 24.3 Å². The van der Waals surface area contributed by atoms with Crippen LogP contribution in [0, 0.1) is 5.92 Å². The average molecular weight is 260 g/mol. The fourth-order valence-electron chi connectivity index (χ4n) is 3.22. The van der Waals surface area contributed by atoms with E-state index in [-0.39, 0.29) is 0 Å². The first-order chi connectivity index (χ1) is 9.22. The van der Waals surface area contributed by atoms with Gasteiger partial charge in [0, 0.05) is 25.8 Å². The van der Waals surface area contributed by atoms with Gasteiger partial charge >= 0.3 is 0 Å². The SMILES string of the molecule is CCNC(c1ccc(N(C)C)cc1)C1CCCCC1. The largest absolute Gasteiger partial charge is 0.378 e. The van der Waals surface area contributed by atoms with Crippen LogP contribution < -0.4 is 10.2 Å². The van der Waals surface area contributed by atoms with E-state index < -0.39 is 0 Å². The van der Waals surface area contributed by atoms with E-state index in [0.717, 1.165) is 12.5 Å². The first-order valence-electron chi connectivity index (χ1n) is 7.73. The molecule has 0 amide bonds. The Labute approximate surface area is 118 Å². The van der Waals surface area contributed by atoms with Crippen molar-refractivity contribution in [1.29, 1.82) is 0 Å². The standard InChI is InChI=1S/C17H28N2/c1-4-18-17(14-8-6-5-7-9-14)15-10-12-16(13-11-15)19(2)3/h10-14,17-18H,4-9H2,1-3H3. The molecule has 1 aromatic rings. The summed E-state index contributed by atoms with van der Waals surface area (Å²) in [5.74, 6) is 0.818. The van der Waals surface area contributed by atoms with Gasteiger partial charge in [0.25, 0.3) is 0 Å². The monoisotopic (exact) mass is 260 g/mol. The molecule has 0 saturated heterocycles. The number of rotatable bonds is 5. The minimum absolute atomic E-state index is 0.543. The fourth-order valence-corrected chi connectivity index (χ4v) is 3.22. The number of hydrogen-bond donors (Lipinski definition) is 1. The number of anilines is 1. The predicted molar refractivity (Wildman–Crippen MR) is 83.8 cm³/mol. The summed E-state index contributed by atoms with van der Waals surface area (Å²) < 4.78 is 0. The van der Waals surface area contributed by atoms with Gasteiger partial charge in [-0.25, -0.2) is 0 Å². The minimum atomic E-state index is 0.543. The molecule has 106 valence electrons. The van der Waals surface area contributed by atoms with Crippen molar-refractivity contribution in [2.75, 3.05) is 25.5 Å². The van der Waals surface area contributed by atoms with E-state index in [1.165, 1.54) is 43.4 Å². The number of hydrogen-bond acceptors (Lipinski definition) is 2. The third kappa shape index (κ3) is 3.73. The zero-order valence-corrected chi connectivity index (χ0v) is 12.7. The lowest BCUT2D eigenvalue weighted by atomic mass is 9.81.